The van der Waals surface area contributed by atoms with Gasteiger partial charge in [0.05, 0.1) is 5.76 Å². The number of hydrogen-bond donors (Lipinski definition) is 1. The molecule has 1 N–H and O–H groups in total. The van der Waals surface area contributed by atoms with Crippen molar-refractivity contribution in [2.24, 2.45) is 0 Å². The topological polar surface area (TPSA) is 37.3 Å². The molecule has 0 aromatic heterocycles. The van der Waals surface area contributed by atoms with Crippen molar-refractivity contribution in [1.29, 1.82) is 0 Å². The lowest BCUT2D eigenvalue weighted by Crippen LogP contribution is -2.12. The first kappa shape index (κ1) is 14.2. The lowest BCUT2D eigenvalue weighted by molar-refractivity contribution is -0.115. The van der Waals surface area contributed by atoms with Crippen molar-refractivity contribution < 1.29 is 9.90 Å². The van der Waals surface area contributed by atoms with Crippen LogP contribution in [-0.4, -0.2) is 16.6 Å². The summed E-state index contributed by atoms with van der Waals surface area (Å²) in [6, 6.07) is 8.42. The average Bonchev–Trinajstić information content (AvgIpc) is 2.39. The molecular weight excluding hydrogens is 256 g/mol. The number of allylic oxidation sites excluding steroid dienone is 2. The zero-order valence-corrected chi connectivity index (χ0v) is 12.1. The van der Waals surface area contributed by atoms with Crippen LogP contribution in [0.4, 0.5) is 0 Å². The van der Waals surface area contributed by atoms with Crippen molar-refractivity contribution in [3.05, 3.63) is 41.7 Å². The zero-order valence-electron chi connectivity index (χ0n) is 11.3. The molecule has 2 nitrogen and oxygen atoms in total. The second kappa shape index (κ2) is 6.80. The van der Waals surface area contributed by atoms with Crippen LogP contribution in [-0.2, 0) is 4.79 Å². The van der Waals surface area contributed by atoms with Crippen LogP contribution in [0.25, 0.3) is 0 Å². The molecule has 0 saturated carbocycles. The quantitative estimate of drug-likeness (QED) is 0.637. The van der Waals surface area contributed by atoms with Crippen LogP contribution in [0.5, 0.6) is 0 Å². The zero-order chi connectivity index (χ0) is 13.7. The van der Waals surface area contributed by atoms with Crippen LogP contribution < -0.4 is 0 Å². The third kappa shape index (κ3) is 4.13. The fraction of sp³-hybridized carbons (Fsp3) is 0.438. The van der Waals surface area contributed by atoms with E-state index >= 15 is 0 Å². The van der Waals surface area contributed by atoms with Crippen molar-refractivity contribution in [3.63, 3.8) is 0 Å². The Morgan fingerprint density at radius 2 is 2.00 bits per heavy atom. The van der Waals surface area contributed by atoms with E-state index in [1.165, 1.54) is 23.8 Å². The molecule has 0 radical (unpaired) electrons. The third-order valence-corrected chi connectivity index (χ3v) is 4.45. The standard InChI is InChI=1S/C16H20O2S/c1-2-3-8-19-16-6-4-12(5-7-16)13-9-14(17)11-15(18)10-13/h4-7,11,13,17H,2-3,8-10H2,1H3. The maximum Gasteiger partial charge on any atom is 0.159 e. The summed E-state index contributed by atoms with van der Waals surface area (Å²) in [5.41, 5.74) is 1.15. The second-order valence-corrected chi connectivity index (χ2v) is 6.15. The van der Waals surface area contributed by atoms with Gasteiger partial charge < -0.3 is 5.11 Å². The normalized spacial score (nSPS) is 19.3. The van der Waals surface area contributed by atoms with E-state index in [-0.39, 0.29) is 17.5 Å². The molecule has 102 valence electrons. The summed E-state index contributed by atoms with van der Waals surface area (Å²) in [4.78, 5) is 12.7. The Kier molecular flexibility index (Phi) is 5.08. The Bertz CT molecular complexity index is 462. The minimum Gasteiger partial charge on any atom is -0.512 e. The van der Waals surface area contributed by atoms with Crippen LogP contribution in [0, 0.1) is 0 Å². The van der Waals surface area contributed by atoms with Crippen LogP contribution in [0.2, 0.25) is 0 Å². The summed E-state index contributed by atoms with van der Waals surface area (Å²) in [5, 5.41) is 9.55. The maximum atomic E-state index is 11.5. The number of thioether (sulfide) groups is 1. The van der Waals surface area contributed by atoms with Gasteiger partial charge in [-0.1, -0.05) is 25.5 Å². The van der Waals surface area contributed by atoms with Gasteiger partial charge in [0.15, 0.2) is 5.78 Å². The van der Waals surface area contributed by atoms with E-state index in [1.807, 2.05) is 11.8 Å². The Balaban J connectivity index is 1.98. The van der Waals surface area contributed by atoms with Gasteiger partial charge in [0.1, 0.15) is 0 Å². The molecule has 0 aliphatic heterocycles. The Labute approximate surface area is 118 Å². The first-order valence-electron chi connectivity index (χ1n) is 6.84. The van der Waals surface area contributed by atoms with E-state index in [2.05, 4.69) is 31.2 Å². The van der Waals surface area contributed by atoms with Gasteiger partial charge in [0.2, 0.25) is 0 Å². The summed E-state index contributed by atoms with van der Waals surface area (Å²) in [6.45, 7) is 2.20. The number of aliphatic hydroxyl groups excluding tert-OH is 1. The summed E-state index contributed by atoms with van der Waals surface area (Å²) in [5.74, 6) is 1.52. The summed E-state index contributed by atoms with van der Waals surface area (Å²) in [6.07, 6.45) is 4.90. The van der Waals surface area contributed by atoms with Gasteiger partial charge in [-0.25, -0.2) is 0 Å². The first-order chi connectivity index (χ1) is 9.19. The SMILES string of the molecule is CCCCSc1ccc(C2CC(=O)C=C(O)C2)cc1. The predicted octanol–water partition coefficient (Wildman–Crippen LogP) is 4.47. The fourth-order valence-electron chi connectivity index (χ4n) is 2.28. The van der Waals surface area contributed by atoms with E-state index in [9.17, 15) is 9.90 Å². The van der Waals surface area contributed by atoms with Gasteiger partial charge in [0, 0.05) is 23.8 Å². The van der Waals surface area contributed by atoms with Gasteiger partial charge in [-0.15, -0.1) is 11.8 Å². The van der Waals surface area contributed by atoms with Crippen molar-refractivity contribution in [2.45, 2.75) is 43.4 Å². The van der Waals surface area contributed by atoms with E-state index in [4.69, 9.17) is 0 Å². The highest BCUT2D eigenvalue weighted by molar-refractivity contribution is 7.99. The second-order valence-electron chi connectivity index (χ2n) is 4.98. The van der Waals surface area contributed by atoms with E-state index < -0.39 is 0 Å². The molecule has 19 heavy (non-hydrogen) atoms. The van der Waals surface area contributed by atoms with Crippen molar-refractivity contribution >= 4 is 17.5 Å². The molecule has 1 aliphatic rings. The highest BCUT2D eigenvalue weighted by Crippen LogP contribution is 2.31. The van der Waals surface area contributed by atoms with Crippen molar-refractivity contribution in [3.8, 4) is 0 Å². The Hall–Kier alpha value is -1.22. The molecule has 1 aromatic carbocycles. The van der Waals surface area contributed by atoms with Crippen molar-refractivity contribution in [1.82, 2.24) is 0 Å². The molecule has 1 aliphatic carbocycles. The number of rotatable bonds is 5. The Morgan fingerprint density at radius 3 is 2.63 bits per heavy atom. The molecule has 0 bridgehead atoms. The highest BCUT2D eigenvalue weighted by Gasteiger charge is 2.21. The number of benzene rings is 1. The lowest BCUT2D eigenvalue weighted by Gasteiger charge is -2.19. The third-order valence-electron chi connectivity index (χ3n) is 3.35. The number of ketones is 1. The van der Waals surface area contributed by atoms with Gasteiger partial charge in [0.25, 0.3) is 0 Å². The van der Waals surface area contributed by atoms with Gasteiger partial charge in [-0.05, 0) is 35.8 Å². The Morgan fingerprint density at radius 1 is 1.26 bits per heavy atom. The highest BCUT2D eigenvalue weighted by atomic mass is 32.2. The maximum absolute atomic E-state index is 11.5. The van der Waals surface area contributed by atoms with Gasteiger partial charge in [-0.3, -0.25) is 4.79 Å². The molecule has 1 atom stereocenters. The summed E-state index contributed by atoms with van der Waals surface area (Å²) >= 11 is 1.87. The molecule has 1 aromatic rings. The molecule has 0 heterocycles. The summed E-state index contributed by atoms with van der Waals surface area (Å²) < 4.78 is 0. The largest absolute Gasteiger partial charge is 0.512 e. The summed E-state index contributed by atoms with van der Waals surface area (Å²) in [7, 11) is 0. The number of unbranched alkanes of at least 4 members (excludes halogenated alkanes) is 1. The first-order valence-corrected chi connectivity index (χ1v) is 7.82. The van der Waals surface area contributed by atoms with Crippen LogP contribution in [0.1, 0.15) is 44.1 Å². The fourth-order valence-corrected chi connectivity index (χ4v) is 3.27. The predicted molar refractivity (Wildman–Crippen MR) is 79.8 cm³/mol. The molecule has 3 heteroatoms. The van der Waals surface area contributed by atoms with Crippen molar-refractivity contribution in [2.75, 3.05) is 5.75 Å². The van der Waals surface area contributed by atoms with Crippen LogP contribution in [0.3, 0.4) is 0 Å². The van der Waals surface area contributed by atoms with Crippen LogP contribution >= 0.6 is 11.8 Å². The number of aliphatic hydroxyl groups is 1. The monoisotopic (exact) mass is 276 g/mol. The van der Waals surface area contributed by atoms with Crippen LogP contribution in [0.15, 0.2) is 41.0 Å². The number of carbonyl (C=O) groups is 1. The molecule has 0 amide bonds. The molecule has 1 unspecified atom stereocenters. The lowest BCUT2D eigenvalue weighted by atomic mass is 9.86. The molecule has 0 fully saturated rings. The van der Waals surface area contributed by atoms with Gasteiger partial charge >= 0.3 is 0 Å². The minimum absolute atomic E-state index is 0.0233. The van der Waals surface area contributed by atoms with Gasteiger partial charge in [-0.2, -0.15) is 0 Å². The average molecular weight is 276 g/mol. The number of carbonyl (C=O) groups excluding carboxylic acids is 1. The molecule has 0 spiro atoms. The smallest absolute Gasteiger partial charge is 0.159 e. The molecule has 2 rings (SSSR count). The van der Waals surface area contributed by atoms with E-state index in [0.29, 0.717) is 12.8 Å². The minimum atomic E-state index is 0.0233. The van der Waals surface area contributed by atoms with E-state index in [0.717, 1.165) is 11.3 Å². The van der Waals surface area contributed by atoms with E-state index in [1.54, 1.807) is 0 Å². The number of hydrogen-bond acceptors (Lipinski definition) is 3. The molecule has 0 saturated heterocycles. The molecular formula is C16H20O2S.